The van der Waals surface area contributed by atoms with Crippen LogP contribution in [0.4, 0.5) is 8.78 Å². The maximum atomic E-state index is 13.4. The summed E-state index contributed by atoms with van der Waals surface area (Å²) in [5, 5.41) is 2.79. The molecule has 7 heteroatoms. The van der Waals surface area contributed by atoms with Gasteiger partial charge in [-0.1, -0.05) is 0 Å². The van der Waals surface area contributed by atoms with Gasteiger partial charge in [0.1, 0.15) is 16.5 Å². The fourth-order valence-corrected chi connectivity index (χ4v) is 2.45. The lowest BCUT2D eigenvalue weighted by molar-refractivity contribution is 0.458. The van der Waals surface area contributed by atoms with Crippen LogP contribution in [0.2, 0.25) is 0 Å². The number of nitrogens with zero attached hydrogens (tertiary/aromatic N) is 1. The third kappa shape index (κ3) is 3.21. The Morgan fingerprint density at radius 3 is 2.53 bits per heavy atom. The second kappa shape index (κ2) is 5.52. The van der Waals surface area contributed by atoms with Crippen LogP contribution in [0.15, 0.2) is 23.1 Å². The molecule has 0 aromatic heterocycles. The van der Waals surface area contributed by atoms with Crippen molar-refractivity contribution in [3.05, 3.63) is 29.8 Å². The Balaban J connectivity index is 3.04. The molecule has 0 spiro atoms. The van der Waals surface area contributed by atoms with Crippen LogP contribution in [0, 0.1) is 11.6 Å². The predicted octanol–water partition coefficient (Wildman–Crippen LogP) is 0.805. The standard InChI is InChI=1S/C10H14F2N2O2S/c1-13-5-6-14(2)17(15,16)10-4-3-8(11)7-9(10)12/h3-4,7,13H,5-6H2,1-2H3. The van der Waals surface area contributed by atoms with Crippen molar-refractivity contribution in [3.63, 3.8) is 0 Å². The molecule has 17 heavy (non-hydrogen) atoms. The maximum Gasteiger partial charge on any atom is 0.245 e. The van der Waals surface area contributed by atoms with Gasteiger partial charge in [-0.15, -0.1) is 0 Å². The number of likely N-dealkylation sites (N-methyl/N-ethyl adjacent to an activating group) is 2. The highest BCUT2D eigenvalue weighted by atomic mass is 32.2. The molecule has 0 fully saturated rings. The van der Waals surface area contributed by atoms with E-state index in [1.807, 2.05) is 0 Å². The molecular weight excluding hydrogens is 250 g/mol. The van der Waals surface area contributed by atoms with Crippen LogP contribution in [0.25, 0.3) is 0 Å². The second-order valence-electron chi connectivity index (χ2n) is 3.50. The summed E-state index contributed by atoms with van der Waals surface area (Å²) in [7, 11) is -0.885. The second-order valence-corrected chi connectivity index (χ2v) is 5.52. The molecule has 0 saturated heterocycles. The van der Waals surface area contributed by atoms with Crippen molar-refractivity contribution in [2.24, 2.45) is 0 Å². The Bertz CT molecular complexity index is 491. The lowest BCUT2D eigenvalue weighted by Crippen LogP contribution is -2.33. The van der Waals surface area contributed by atoms with Crippen molar-refractivity contribution < 1.29 is 17.2 Å². The van der Waals surface area contributed by atoms with Crippen LogP contribution < -0.4 is 5.32 Å². The molecule has 0 saturated carbocycles. The lowest BCUT2D eigenvalue weighted by Gasteiger charge is -2.17. The minimum absolute atomic E-state index is 0.204. The van der Waals surface area contributed by atoms with Crippen molar-refractivity contribution in [3.8, 4) is 0 Å². The molecule has 4 nitrogen and oxygen atoms in total. The van der Waals surface area contributed by atoms with Crippen molar-refractivity contribution in [2.45, 2.75) is 4.90 Å². The number of hydrogen-bond donors (Lipinski definition) is 1. The van der Waals surface area contributed by atoms with Gasteiger partial charge in [-0.2, -0.15) is 4.31 Å². The molecular formula is C10H14F2N2O2S. The average Bonchev–Trinajstić information content (AvgIpc) is 2.25. The molecule has 0 aliphatic heterocycles. The third-order valence-corrected chi connectivity index (χ3v) is 4.15. The number of rotatable bonds is 5. The van der Waals surface area contributed by atoms with Crippen molar-refractivity contribution in [2.75, 3.05) is 27.2 Å². The number of nitrogens with one attached hydrogen (secondary N) is 1. The van der Waals surface area contributed by atoms with E-state index in [4.69, 9.17) is 0 Å². The Morgan fingerprint density at radius 2 is 2.00 bits per heavy atom. The van der Waals surface area contributed by atoms with Gasteiger partial charge < -0.3 is 5.32 Å². The lowest BCUT2D eigenvalue weighted by atomic mass is 10.3. The monoisotopic (exact) mass is 264 g/mol. The van der Waals surface area contributed by atoms with Gasteiger partial charge in [0.15, 0.2) is 0 Å². The molecule has 0 radical (unpaired) electrons. The van der Waals surface area contributed by atoms with E-state index in [0.717, 1.165) is 16.4 Å². The molecule has 96 valence electrons. The van der Waals surface area contributed by atoms with Gasteiger partial charge in [-0.25, -0.2) is 17.2 Å². The summed E-state index contributed by atoms with van der Waals surface area (Å²) in [5.41, 5.74) is 0. The summed E-state index contributed by atoms with van der Waals surface area (Å²) in [6.45, 7) is 0.647. The predicted molar refractivity (Wildman–Crippen MR) is 60.1 cm³/mol. The zero-order valence-corrected chi connectivity index (χ0v) is 10.4. The largest absolute Gasteiger partial charge is 0.318 e. The average molecular weight is 264 g/mol. The van der Waals surface area contributed by atoms with E-state index in [1.165, 1.54) is 7.05 Å². The molecule has 0 unspecified atom stereocenters. The minimum atomic E-state index is -3.91. The van der Waals surface area contributed by atoms with Gasteiger partial charge in [-0.05, 0) is 19.2 Å². The molecule has 0 atom stereocenters. The van der Waals surface area contributed by atoms with E-state index in [1.54, 1.807) is 7.05 Å². The Hall–Kier alpha value is -1.05. The molecule has 1 aromatic rings. The first kappa shape index (κ1) is 14.0. The quantitative estimate of drug-likeness (QED) is 0.856. The van der Waals surface area contributed by atoms with Gasteiger partial charge in [-0.3, -0.25) is 0 Å². The SMILES string of the molecule is CNCCN(C)S(=O)(=O)c1ccc(F)cc1F. The highest BCUT2D eigenvalue weighted by molar-refractivity contribution is 7.89. The fraction of sp³-hybridized carbons (Fsp3) is 0.400. The van der Waals surface area contributed by atoms with E-state index in [2.05, 4.69) is 5.32 Å². The maximum absolute atomic E-state index is 13.4. The summed E-state index contributed by atoms with van der Waals surface area (Å²) in [6, 6.07) is 2.40. The highest BCUT2D eigenvalue weighted by Crippen LogP contribution is 2.18. The zero-order valence-electron chi connectivity index (χ0n) is 9.57. The first-order valence-electron chi connectivity index (χ1n) is 4.95. The van der Waals surface area contributed by atoms with Crippen LogP contribution in [-0.4, -0.2) is 39.9 Å². The van der Waals surface area contributed by atoms with Gasteiger partial charge in [0.2, 0.25) is 10.0 Å². The molecule has 0 amide bonds. The molecule has 0 aliphatic carbocycles. The van der Waals surface area contributed by atoms with E-state index in [-0.39, 0.29) is 6.54 Å². The summed E-state index contributed by atoms with van der Waals surface area (Å²) in [6.07, 6.45) is 0. The molecule has 1 N–H and O–H groups in total. The van der Waals surface area contributed by atoms with Crippen LogP contribution in [0.1, 0.15) is 0 Å². The molecule has 1 rings (SSSR count). The van der Waals surface area contributed by atoms with E-state index < -0.39 is 26.6 Å². The summed E-state index contributed by atoms with van der Waals surface area (Å²) >= 11 is 0. The summed E-state index contributed by atoms with van der Waals surface area (Å²) in [5.74, 6) is -1.89. The van der Waals surface area contributed by atoms with Gasteiger partial charge in [0.05, 0.1) is 0 Å². The van der Waals surface area contributed by atoms with E-state index in [0.29, 0.717) is 12.6 Å². The Labute approximate surface area is 99.3 Å². The molecule has 1 aromatic carbocycles. The summed E-state index contributed by atoms with van der Waals surface area (Å²) < 4.78 is 50.9. The van der Waals surface area contributed by atoms with Crippen molar-refractivity contribution in [1.29, 1.82) is 0 Å². The summed E-state index contributed by atoms with van der Waals surface area (Å²) in [4.78, 5) is -0.516. The third-order valence-electron chi connectivity index (χ3n) is 2.26. The zero-order chi connectivity index (χ0) is 13.1. The first-order valence-corrected chi connectivity index (χ1v) is 6.39. The van der Waals surface area contributed by atoms with E-state index >= 15 is 0 Å². The molecule has 0 heterocycles. The Kier molecular flexibility index (Phi) is 4.55. The Morgan fingerprint density at radius 1 is 1.35 bits per heavy atom. The number of halogens is 2. The minimum Gasteiger partial charge on any atom is -0.318 e. The number of sulfonamides is 1. The highest BCUT2D eigenvalue weighted by Gasteiger charge is 2.24. The van der Waals surface area contributed by atoms with E-state index in [9.17, 15) is 17.2 Å². The van der Waals surface area contributed by atoms with Gasteiger partial charge >= 0.3 is 0 Å². The van der Waals surface area contributed by atoms with Gasteiger partial charge in [0.25, 0.3) is 0 Å². The smallest absolute Gasteiger partial charge is 0.245 e. The normalized spacial score (nSPS) is 12.1. The van der Waals surface area contributed by atoms with Crippen LogP contribution in [-0.2, 0) is 10.0 Å². The fourth-order valence-electron chi connectivity index (χ4n) is 1.24. The van der Waals surface area contributed by atoms with Crippen LogP contribution >= 0.6 is 0 Å². The van der Waals surface area contributed by atoms with Crippen molar-refractivity contribution >= 4 is 10.0 Å². The van der Waals surface area contributed by atoms with Crippen LogP contribution in [0.3, 0.4) is 0 Å². The van der Waals surface area contributed by atoms with Crippen molar-refractivity contribution in [1.82, 2.24) is 9.62 Å². The van der Waals surface area contributed by atoms with Gasteiger partial charge in [0, 0.05) is 26.2 Å². The topological polar surface area (TPSA) is 49.4 Å². The van der Waals surface area contributed by atoms with Crippen LogP contribution in [0.5, 0.6) is 0 Å². The number of hydrogen-bond acceptors (Lipinski definition) is 3. The molecule has 0 bridgehead atoms. The number of benzene rings is 1. The molecule has 0 aliphatic rings. The first-order chi connectivity index (χ1) is 7.89.